The Labute approximate surface area is 264 Å². The standard InChI is InChI=1S/C36H40N2O5S/c1-23-24(2)33-30(25(3)32(23)42-20-26-10-6-5-7-11-26)15-16-36(4,43-33)22-38-17-9-13-28(38)21-41-29-14-8-12-27(18-29)19-31-34(39)37-35(40)44-31/h5-8,10-12,14,18-19,28H,9,13,15-17,20-22H2,1-4H3,(H,37,39,40)/b31-19+/t28-,36?/m0/s1. The zero-order chi connectivity index (χ0) is 30.8. The van der Waals surface area contributed by atoms with Crippen molar-refractivity contribution >= 4 is 29.0 Å². The molecule has 44 heavy (non-hydrogen) atoms. The predicted octanol–water partition coefficient (Wildman–Crippen LogP) is 7.14. The van der Waals surface area contributed by atoms with Crippen molar-refractivity contribution < 1.29 is 23.8 Å². The van der Waals surface area contributed by atoms with Gasteiger partial charge < -0.3 is 14.2 Å². The van der Waals surface area contributed by atoms with Crippen molar-refractivity contribution in [1.29, 1.82) is 0 Å². The summed E-state index contributed by atoms with van der Waals surface area (Å²) >= 11 is 0.920. The Morgan fingerprint density at radius 2 is 1.86 bits per heavy atom. The maximum Gasteiger partial charge on any atom is 0.290 e. The van der Waals surface area contributed by atoms with Crippen LogP contribution in [0, 0.1) is 20.8 Å². The topological polar surface area (TPSA) is 77.1 Å². The van der Waals surface area contributed by atoms with E-state index >= 15 is 0 Å². The Bertz CT molecular complexity index is 1600. The molecule has 2 atom stereocenters. The number of carbonyl (C=O) groups is 2. The highest BCUT2D eigenvalue weighted by molar-refractivity contribution is 8.18. The number of likely N-dealkylation sites (tertiary alicyclic amines) is 1. The molecular formula is C36H40N2O5S. The third-order valence-corrected chi connectivity index (χ3v) is 9.88. The summed E-state index contributed by atoms with van der Waals surface area (Å²) in [5.41, 5.74) is 6.45. The van der Waals surface area contributed by atoms with E-state index in [0.717, 1.165) is 90.0 Å². The number of carbonyl (C=O) groups excluding carboxylic acids is 2. The van der Waals surface area contributed by atoms with Crippen LogP contribution in [0.3, 0.4) is 0 Å². The van der Waals surface area contributed by atoms with Crippen LogP contribution in [0.25, 0.3) is 6.08 Å². The molecule has 0 spiro atoms. The Morgan fingerprint density at radius 1 is 1.05 bits per heavy atom. The number of fused-ring (bicyclic) bond motifs is 1. The van der Waals surface area contributed by atoms with Crippen LogP contribution in [0.4, 0.5) is 4.79 Å². The van der Waals surface area contributed by atoms with E-state index in [1.807, 2.05) is 42.5 Å². The van der Waals surface area contributed by atoms with Crippen molar-refractivity contribution in [2.24, 2.45) is 0 Å². The van der Waals surface area contributed by atoms with Gasteiger partial charge in [-0.25, -0.2) is 0 Å². The van der Waals surface area contributed by atoms with Crippen molar-refractivity contribution in [3.05, 3.63) is 92.9 Å². The summed E-state index contributed by atoms with van der Waals surface area (Å²) in [6, 6.07) is 18.3. The van der Waals surface area contributed by atoms with Crippen molar-refractivity contribution in [3.8, 4) is 17.2 Å². The number of nitrogens with zero attached hydrogens (tertiary/aromatic N) is 1. The lowest BCUT2D eigenvalue weighted by molar-refractivity contribution is -0.115. The van der Waals surface area contributed by atoms with Gasteiger partial charge in [0.1, 0.15) is 36.1 Å². The molecule has 3 aromatic carbocycles. The highest BCUT2D eigenvalue weighted by atomic mass is 32.2. The van der Waals surface area contributed by atoms with Crippen molar-refractivity contribution in [1.82, 2.24) is 10.2 Å². The van der Waals surface area contributed by atoms with E-state index < -0.39 is 0 Å². The monoisotopic (exact) mass is 612 g/mol. The second-order valence-corrected chi connectivity index (χ2v) is 13.4. The Kier molecular flexibility index (Phi) is 8.74. The van der Waals surface area contributed by atoms with Crippen LogP contribution < -0.4 is 19.5 Å². The van der Waals surface area contributed by atoms with Gasteiger partial charge >= 0.3 is 0 Å². The number of ether oxygens (including phenoxy) is 3. The highest BCUT2D eigenvalue weighted by Crippen LogP contribution is 2.44. The SMILES string of the molecule is Cc1c(C)c2c(c(C)c1OCc1ccccc1)CCC(C)(CN1CCC[C@H]1COc1cccc(/C=C3/SC(=O)NC3=O)c1)O2. The van der Waals surface area contributed by atoms with Crippen molar-refractivity contribution in [2.45, 2.75) is 71.6 Å². The largest absolute Gasteiger partial charge is 0.492 e. The van der Waals surface area contributed by atoms with Gasteiger partial charge in [-0.3, -0.25) is 19.8 Å². The Hall–Kier alpha value is -3.75. The zero-order valence-electron chi connectivity index (χ0n) is 25.9. The average molecular weight is 613 g/mol. The lowest BCUT2D eigenvalue weighted by atomic mass is 9.86. The zero-order valence-corrected chi connectivity index (χ0v) is 26.7. The molecule has 7 nitrogen and oxygen atoms in total. The molecule has 0 saturated carbocycles. The third kappa shape index (κ3) is 6.52. The van der Waals surface area contributed by atoms with Gasteiger partial charge in [-0.1, -0.05) is 42.5 Å². The third-order valence-electron chi connectivity index (χ3n) is 9.07. The minimum atomic E-state index is -0.355. The molecule has 0 radical (unpaired) electrons. The van der Waals surface area contributed by atoms with Crippen LogP contribution in [0.2, 0.25) is 0 Å². The van der Waals surface area contributed by atoms with Crippen LogP contribution in [0.15, 0.2) is 59.5 Å². The molecule has 3 aliphatic heterocycles. The number of benzene rings is 3. The molecule has 0 aromatic heterocycles. The van der Waals surface area contributed by atoms with Crippen LogP contribution in [0.1, 0.15) is 59.6 Å². The van der Waals surface area contributed by atoms with E-state index in [1.165, 1.54) is 11.1 Å². The fraction of sp³-hybridized carbons (Fsp3) is 0.389. The normalized spacial score (nSPS) is 22.5. The first-order valence-electron chi connectivity index (χ1n) is 15.4. The Balaban J connectivity index is 1.10. The van der Waals surface area contributed by atoms with Gasteiger partial charge in [-0.2, -0.15) is 0 Å². The van der Waals surface area contributed by atoms with Gasteiger partial charge in [0, 0.05) is 18.2 Å². The molecular weight excluding hydrogens is 572 g/mol. The molecule has 1 N–H and O–H groups in total. The maximum absolute atomic E-state index is 11.9. The van der Waals surface area contributed by atoms with Gasteiger partial charge in [-0.05, 0) is 118 Å². The molecule has 3 aliphatic rings. The fourth-order valence-electron chi connectivity index (χ4n) is 6.52. The van der Waals surface area contributed by atoms with E-state index in [2.05, 4.69) is 50.0 Å². The summed E-state index contributed by atoms with van der Waals surface area (Å²) < 4.78 is 19.5. The number of hydrogen-bond donors (Lipinski definition) is 1. The van der Waals surface area contributed by atoms with Crippen LogP contribution in [0.5, 0.6) is 17.2 Å². The molecule has 3 aromatic rings. The van der Waals surface area contributed by atoms with Crippen molar-refractivity contribution in [3.63, 3.8) is 0 Å². The minimum Gasteiger partial charge on any atom is -0.492 e. The summed E-state index contributed by atoms with van der Waals surface area (Å²) in [5, 5.41) is 1.96. The molecule has 1 unspecified atom stereocenters. The van der Waals surface area contributed by atoms with Gasteiger partial charge in [0.05, 0.1) is 4.91 Å². The van der Waals surface area contributed by atoms with E-state index in [1.54, 1.807) is 6.08 Å². The summed E-state index contributed by atoms with van der Waals surface area (Å²) in [7, 11) is 0. The molecule has 0 aliphatic carbocycles. The number of thioether (sulfide) groups is 1. The molecule has 2 saturated heterocycles. The minimum absolute atomic E-state index is 0.297. The number of nitrogens with one attached hydrogen (secondary N) is 1. The van der Waals surface area contributed by atoms with E-state index in [4.69, 9.17) is 14.2 Å². The van der Waals surface area contributed by atoms with Gasteiger partial charge in [-0.15, -0.1) is 0 Å². The number of imide groups is 1. The second kappa shape index (κ2) is 12.7. The summed E-state index contributed by atoms with van der Waals surface area (Å²) in [6.07, 6.45) is 5.83. The van der Waals surface area contributed by atoms with Crippen LogP contribution >= 0.6 is 11.8 Å². The second-order valence-electron chi connectivity index (χ2n) is 12.3. The lowest BCUT2D eigenvalue weighted by Crippen LogP contribution is -2.50. The molecule has 6 rings (SSSR count). The van der Waals surface area contributed by atoms with E-state index in [9.17, 15) is 9.59 Å². The van der Waals surface area contributed by atoms with Gasteiger partial charge in [0.25, 0.3) is 11.1 Å². The first-order valence-corrected chi connectivity index (χ1v) is 16.2. The van der Waals surface area contributed by atoms with Gasteiger partial charge in [0.2, 0.25) is 0 Å². The molecule has 8 heteroatoms. The van der Waals surface area contributed by atoms with E-state index in [0.29, 0.717) is 24.2 Å². The summed E-state index contributed by atoms with van der Waals surface area (Å²) in [6.45, 7) is 11.7. The number of hydrogen-bond acceptors (Lipinski definition) is 7. The average Bonchev–Trinajstić information content (AvgIpc) is 3.58. The molecule has 3 heterocycles. The predicted molar refractivity (Wildman–Crippen MR) is 174 cm³/mol. The highest BCUT2D eigenvalue weighted by Gasteiger charge is 2.39. The summed E-state index contributed by atoms with van der Waals surface area (Å²) in [4.78, 5) is 26.4. The first kappa shape index (κ1) is 30.3. The van der Waals surface area contributed by atoms with Crippen molar-refractivity contribution in [2.75, 3.05) is 19.7 Å². The molecule has 2 fully saturated rings. The number of rotatable bonds is 9. The fourth-order valence-corrected chi connectivity index (χ4v) is 7.20. The van der Waals surface area contributed by atoms with Crippen LogP contribution in [-0.2, 0) is 17.8 Å². The summed E-state index contributed by atoms with van der Waals surface area (Å²) in [5.74, 6) is 2.40. The smallest absolute Gasteiger partial charge is 0.290 e. The van der Waals surface area contributed by atoms with E-state index in [-0.39, 0.29) is 16.7 Å². The molecule has 230 valence electrons. The molecule has 2 amide bonds. The molecule has 0 bridgehead atoms. The first-order chi connectivity index (χ1) is 21.2. The lowest BCUT2D eigenvalue weighted by Gasteiger charge is -2.41. The number of amides is 2. The quantitative estimate of drug-likeness (QED) is 0.257. The Morgan fingerprint density at radius 3 is 2.64 bits per heavy atom. The maximum atomic E-state index is 11.9. The van der Waals surface area contributed by atoms with Gasteiger partial charge in [0.15, 0.2) is 0 Å². The van der Waals surface area contributed by atoms with Crippen LogP contribution in [-0.4, -0.2) is 47.4 Å².